The first-order valence-electron chi connectivity index (χ1n) is 6.30. The Morgan fingerprint density at radius 1 is 1.29 bits per heavy atom. The first-order valence-corrected chi connectivity index (χ1v) is 7.74. The maximum Gasteiger partial charge on any atom is 0.310 e. The van der Waals surface area contributed by atoms with Crippen LogP contribution in [0.3, 0.4) is 0 Å². The van der Waals surface area contributed by atoms with Crippen molar-refractivity contribution < 1.29 is 23.1 Å². The Morgan fingerprint density at radius 2 is 1.86 bits per heavy atom. The van der Waals surface area contributed by atoms with Gasteiger partial charge in [0.25, 0.3) is 0 Å². The second-order valence-corrected chi connectivity index (χ2v) is 7.28. The van der Waals surface area contributed by atoms with Gasteiger partial charge in [0.15, 0.2) is 0 Å². The molecule has 3 N–H and O–H groups in total. The first kappa shape index (κ1) is 15.5. The second-order valence-electron chi connectivity index (χ2n) is 5.34. The molecule has 1 amide bonds. The van der Waals surface area contributed by atoms with Crippen LogP contribution in [0.2, 0.25) is 0 Å². The zero-order valence-electron chi connectivity index (χ0n) is 11.4. The molecule has 8 heteroatoms. The summed E-state index contributed by atoms with van der Waals surface area (Å²) >= 11 is 0. The molecule has 7 nitrogen and oxygen atoms in total. The summed E-state index contributed by atoms with van der Waals surface area (Å²) in [5.74, 6) is -1.65. The van der Waals surface area contributed by atoms with E-state index in [1.807, 2.05) is 0 Å². The summed E-state index contributed by atoms with van der Waals surface area (Å²) in [6, 6.07) is 5.26. The van der Waals surface area contributed by atoms with Crippen molar-refractivity contribution in [3.8, 4) is 0 Å². The average Bonchev–Trinajstić information content (AvgIpc) is 2.84. The molecule has 0 saturated carbocycles. The topological polar surface area (TPSA) is 118 Å². The standard InChI is InChI=1S/C13H16N2O5S/c1-13(12(17)18)6-7-15(8-13)21(19,20)10-4-2-9(3-5-10)11(14)16/h2-5H,6-8H2,1H3,(H2,14,16)(H,17,18). The van der Waals surface area contributed by atoms with Crippen molar-refractivity contribution in [2.24, 2.45) is 11.1 Å². The minimum absolute atomic E-state index is 0.0159. The molecule has 1 atom stereocenters. The quantitative estimate of drug-likeness (QED) is 0.827. The number of nitrogens with two attached hydrogens (primary N) is 1. The molecule has 1 unspecified atom stereocenters. The minimum atomic E-state index is -3.77. The predicted molar refractivity (Wildman–Crippen MR) is 74.1 cm³/mol. The van der Waals surface area contributed by atoms with Gasteiger partial charge < -0.3 is 10.8 Å². The van der Waals surface area contributed by atoms with Gasteiger partial charge in [-0.25, -0.2) is 8.42 Å². The number of benzene rings is 1. The maximum absolute atomic E-state index is 12.4. The lowest BCUT2D eigenvalue weighted by molar-refractivity contribution is -0.146. The molecule has 2 rings (SSSR count). The summed E-state index contributed by atoms with van der Waals surface area (Å²) in [6.07, 6.45) is 0.265. The van der Waals surface area contributed by atoms with Gasteiger partial charge in [0.2, 0.25) is 15.9 Å². The van der Waals surface area contributed by atoms with E-state index in [1.54, 1.807) is 0 Å². The third-order valence-corrected chi connectivity index (χ3v) is 5.59. The van der Waals surface area contributed by atoms with Crippen LogP contribution in [0.4, 0.5) is 0 Å². The van der Waals surface area contributed by atoms with Crippen LogP contribution < -0.4 is 5.73 Å². The van der Waals surface area contributed by atoms with E-state index >= 15 is 0 Å². The van der Waals surface area contributed by atoms with Crippen molar-refractivity contribution in [1.29, 1.82) is 0 Å². The van der Waals surface area contributed by atoms with Crippen molar-refractivity contribution in [2.75, 3.05) is 13.1 Å². The van der Waals surface area contributed by atoms with Crippen LogP contribution in [0.15, 0.2) is 29.2 Å². The molecule has 1 heterocycles. The molecule has 0 radical (unpaired) electrons. The summed E-state index contributed by atoms with van der Waals surface area (Å²) in [5.41, 5.74) is 4.24. The fourth-order valence-electron chi connectivity index (χ4n) is 2.24. The zero-order valence-corrected chi connectivity index (χ0v) is 12.3. The number of hydrogen-bond donors (Lipinski definition) is 2. The van der Waals surface area contributed by atoms with E-state index in [-0.39, 0.29) is 30.0 Å². The zero-order chi connectivity index (χ0) is 15.8. The molecular weight excluding hydrogens is 296 g/mol. The van der Waals surface area contributed by atoms with E-state index in [1.165, 1.54) is 31.2 Å². The highest BCUT2D eigenvalue weighted by atomic mass is 32.2. The van der Waals surface area contributed by atoms with Gasteiger partial charge >= 0.3 is 5.97 Å². The van der Waals surface area contributed by atoms with Crippen molar-refractivity contribution in [1.82, 2.24) is 4.31 Å². The van der Waals surface area contributed by atoms with E-state index < -0.39 is 27.3 Å². The van der Waals surface area contributed by atoms with Crippen molar-refractivity contribution >= 4 is 21.9 Å². The number of aliphatic carboxylic acids is 1. The number of carbonyl (C=O) groups excluding carboxylic acids is 1. The summed E-state index contributed by atoms with van der Waals surface area (Å²) in [5, 5.41) is 9.15. The van der Waals surface area contributed by atoms with Gasteiger partial charge in [-0.1, -0.05) is 0 Å². The fourth-order valence-corrected chi connectivity index (χ4v) is 3.80. The molecule has 21 heavy (non-hydrogen) atoms. The Hall–Kier alpha value is -1.93. The predicted octanol–water partition coefficient (Wildman–Crippen LogP) is 0.271. The van der Waals surface area contributed by atoms with Gasteiger partial charge in [-0.05, 0) is 37.6 Å². The van der Waals surface area contributed by atoms with Gasteiger partial charge in [-0.3, -0.25) is 9.59 Å². The Balaban J connectivity index is 2.27. The molecule has 1 saturated heterocycles. The molecule has 1 fully saturated rings. The monoisotopic (exact) mass is 312 g/mol. The molecule has 0 aliphatic carbocycles. The highest BCUT2D eigenvalue weighted by Crippen LogP contribution is 2.33. The van der Waals surface area contributed by atoms with Crippen LogP contribution in [-0.4, -0.2) is 42.8 Å². The van der Waals surface area contributed by atoms with Crippen LogP contribution in [0.5, 0.6) is 0 Å². The van der Waals surface area contributed by atoms with E-state index in [0.29, 0.717) is 0 Å². The summed E-state index contributed by atoms with van der Waals surface area (Å²) < 4.78 is 26.0. The Bertz CT molecular complexity index is 683. The largest absolute Gasteiger partial charge is 0.481 e. The molecule has 0 spiro atoms. The number of nitrogens with zero attached hydrogens (tertiary/aromatic N) is 1. The lowest BCUT2D eigenvalue weighted by atomic mass is 9.90. The normalized spacial score (nSPS) is 23.1. The summed E-state index contributed by atoms with van der Waals surface area (Å²) in [4.78, 5) is 22.2. The number of carboxylic acids is 1. The van der Waals surface area contributed by atoms with Gasteiger partial charge in [0.05, 0.1) is 10.3 Å². The molecule has 1 aliphatic heterocycles. The van der Waals surface area contributed by atoms with Crippen molar-refractivity contribution in [2.45, 2.75) is 18.2 Å². The molecule has 0 bridgehead atoms. The number of hydrogen-bond acceptors (Lipinski definition) is 4. The number of carbonyl (C=O) groups is 2. The molecule has 1 aromatic rings. The van der Waals surface area contributed by atoms with Crippen LogP contribution in [0.1, 0.15) is 23.7 Å². The fraction of sp³-hybridized carbons (Fsp3) is 0.385. The molecule has 114 valence electrons. The van der Waals surface area contributed by atoms with Crippen LogP contribution in [0.25, 0.3) is 0 Å². The van der Waals surface area contributed by atoms with Gasteiger partial charge in [-0.2, -0.15) is 4.31 Å². The average molecular weight is 312 g/mol. The van der Waals surface area contributed by atoms with Crippen molar-refractivity contribution in [3.05, 3.63) is 29.8 Å². The van der Waals surface area contributed by atoms with Crippen molar-refractivity contribution in [3.63, 3.8) is 0 Å². The second kappa shape index (κ2) is 5.12. The SMILES string of the molecule is CC1(C(=O)O)CCN(S(=O)(=O)c2ccc(C(N)=O)cc2)C1. The van der Waals surface area contributed by atoms with E-state index in [0.717, 1.165) is 4.31 Å². The molecular formula is C13H16N2O5S. The summed E-state index contributed by atoms with van der Waals surface area (Å²) in [6.45, 7) is 1.62. The number of carboxylic acid groups (broad SMARTS) is 1. The maximum atomic E-state index is 12.4. The van der Waals surface area contributed by atoms with Gasteiger partial charge in [0.1, 0.15) is 0 Å². The smallest absolute Gasteiger partial charge is 0.310 e. The highest BCUT2D eigenvalue weighted by molar-refractivity contribution is 7.89. The Morgan fingerprint density at radius 3 is 2.29 bits per heavy atom. The Labute approximate surface area is 122 Å². The Kier molecular flexibility index (Phi) is 3.77. The third kappa shape index (κ3) is 2.77. The highest BCUT2D eigenvalue weighted by Gasteiger charge is 2.44. The molecule has 0 aromatic heterocycles. The van der Waals surface area contributed by atoms with Crippen LogP contribution in [-0.2, 0) is 14.8 Å². The van der Waals surface area contributed by atoms with Gasteiger partial charge in [0, 0.05) is 18.7 Å². The number of primary amides is 1. The van der Waals surface area contributed by atoms with Crippen LogP contribution in [0, 0.1) is 5.41 Å². The lowest BCUT2D eigenvalue weighted by Gasteiger charge is -2.20. The molecule has 1 aliphatic rings. The first-order chi connectivity index (χ1) is 9.67. The molecule has 1 aromatic carbocycles. The summed E-state index contributed by atoms with van der Waals surface area (Å²) in [7, 11) is -3.77. The number of rotatable bonds is 4. The van der Waals surface area contributed by atoms with E-state index in [4.69, 9.17) is 10.8 Å². The minimum Gasteiger partial charge on any atom is -0.481 e. The number of sulfonamides is 1. The van der Waals surface area contributed by atoms with E-state index in [2.05, 4.69) is 0 Å². The lowest BCUT2D eigenvalue weighted by Crippen LogP contribution is -2.34. The van der Waals surface area contributed by atoms with E-state index in [9.17, 15) is 18.0 Å². The van der Waals surface area contributed by atoms with Gasteiger partial charge in [-0.15, -0.1) is 0 Å². The van der Waals surface area contributed by atoms with Crippen LogP contribution >= 0.6 is 0 Å². The number of amides is 1. The third-order valence-electron chi connectivity index (χ3n) is 3.73.